The average Bonchev–Trinajstić information content (AvgIpc) is 3.03. The van der Waals surface area contributed by atoms with Crippen molar-refractivity contribution in [2.24, 2.45) is 5.73 Å². The Morgan fingerprint density at radius 3 is 2.54 bits per heavy atom. The Bertz CT molecular complexity index is 828. The molecule has 1 saturated carbocycles. The Balaban J connectivity index is 0.000000236. The predicted octanol–water partition coefficient (Wildman–Crippen LogP) is 5.54. The second-order valence-corrected chi connectivity index (χ2v) is 7.89. The highest BCUT2D eigenvalue weighted by Crippen LogP contribution is 2.30. The fourth-order valence-corrected chi connectivity index (χ4v) is 4.16. The second-order valence-electron chi connectivity index (χ2n) is 6.67. The molecule has 0 bridgehead atoms. The van der Waals surface area contributed by atoms with Gasteiger partial charge in [-0.05, 0) is 47.9 Å². The van der Waals surface area contributed by atoms with Crippen LogP contribution in [0, 0.1) is 6.92 Å². The number of aromatic nitrogens is 2. The van der Waals surface area contributed by atoms with Crippen molar-refractivity contribution in [3.63, 3.8) is 0 Å². The highest BCUT2D eigenvalue weighted by atomic mass is 35.5. The third-order valence-corrected chi connectivity index (χ3v) is 5.78. The van der Waals surface area contributed by atoms with E-state index in [2.05, 4.69) is 32.8 Å². The highest BCUT2D eigenvalue weighted by Gasteiger charge is 2.10. The number of fused-ring (bicyclic) bond motifs is 1. The number of rotatable bonds is 3. The van der Waals surface area contributed by atoms with Crippen LogP contribution >= 0.6 is 22.9 Å². The van der Waals surface area contributed by atoms with Crippen molar-refractivity contribution >= 4 is 39.0 Å². The zero-order chi connectivity index (χ0) is 18.4. The molecule has 0 radical (unpaired) electrons. The van der Waals surface area contributed by atoms with E-state index in [1.54, 1.807) is 11.3 Å². The van der Waals surface area contributed by atoms with Gasteiger partial charge in [-0.3, -0.25) is 0 Å². The van der Waals surface area contributed by atoms with Gasteiger partial charge in [0, 0.05) is 12.6 Å². The molecule has 3 N–H and O–H groups in total. The van der Waals surface area contributed by atoms with Gasteiger partial charge in [0.05, 0.1) is 10.2 Å². The van der Waals surface area contributed by atoms with Crippen LogP contribution in [0.3, 0.4) is 0 Å². The largest absolute Gasteiger partial charge is 0.365 e. The molecule has 0 atom stereocenters. The van der Waals surface area contributed by atoms with Crippen LogP contribution in [0.5, 0.6) is 0 Å². The molecule has 0 unspecified atom stereocenters. The summed E-state index contributed by atoms with van der Waals surface area (Å²) >= 11 is 7.62. The van der Waals surface area contributed by atoms with E-state index >= 15 is 0 Å². The molecule has 3 aromatic rings. The lowest BCUT2D eigenvalue weighted by Crippen LogP contribution is -2.22. The predicted molar refractivity (Wildman–Crippen MR) is 112 cm³/mol. The maximum atomic E-state index is 5.98. The topological polar surface area (TPSA) is 63.8 Å². The van der Waals surface area contributed by atoms with Crippen molar-refractivity contribution in [3.8, 4) is 0 Å². The van der Waals surface area contributed by atoms with Gasteiger partial charge in [0.2, 0.25) is 5.28 Å². The third kappa shape index (κ3) is 5.16. The summed E-state index contributed by atoms with van der Waals surface area (Å²) in [6.07, 6.45) is 6.66. The SMILES string of the molecule is Cc1csc2c(NCc3ccccc3)nc(Cl)nc12.NC1CCCCC1. The molecule has 0 saturated heterocycles. The first kappa shape index (κ1) is 19.1. The Morgan fingerprint density at radius 1 is 1.15 bits per heavy atom. The van der Waals surface area contributed by atoms with E-state index in [1.807, 2.05) is 25.1 Å². The van der Waals surface area contributed by atoms with Gasteiger partial charge in [0.1, 0.15) is 5.82 Å². The van der Waals surface area contributed by atoms with Crippen molar-refractivity contribution in [3.05, 3.63) is 52.1 Å². The molecule has 0 spiro atoms. The van der Waals surface area contributed by atoms with Crippen LogP contribution in [-0.4, -0.2) is 16.0 Å². The molecule has 2 heterocycles. The minimum absolute atomic E-state index is 0.282. The van der Waals surface area contributed by atoms with Gasteiger partial charge in [0.15, 0.2) is 0 Å². The summed E-state index contributed by atoms with van der Waals surface area (Å²) in [6, 6.07) is 10.7. The van der Waals surface area contributed by atoms with E-state index in [-0.39, 0.29) is 5.28 Å². The molecule has 4 nitrogen and oxygen atoms in total. The molecular formula is C20H25ClN4S. The Kier molecular flexibility index (Phi) is 6.83. The number of nitrogens with one attached hydrogen (secondary N) is 1. The van der Waals surface area contributed by atoms with Gasteiger partial charge < -0.3 is 11.1 Å². The minimum Gasteiger partial charge on any atom is -0.365 e. The van der Waals surface area contributed by atoms with Crippen LogP contribution in [0.4, 0.5) is 5.82 Å². The second kappa shape index (κ2) is 9.31. The first-order chi connectivity index (χ1) is 12.6. The lowest BCUT2D eigenvalue weighted by molar-refractivity contribution is 0.441. The number of thiophene rings is 1. The monoisotopic (exact) mass is 388 g/mol. The lowest BCUT2D eigenvalue weighted by atomic mass is 9.97. The van der Waals surface area contributed by atoms with Crippen LogP contribution in [0.2, 0.25) is 5.28 Å². The van der Waals surface area contributed by atoms with Crippen molar-refractivity contribution < 1.29 is 0 Å². The van der Waals surface area contributed by atoms with Gasteiger partial charge in [-0.25, -0.2) is 4.98 Å². The van der Waals surface area contributed by atoms with Crippen molar-refractivity contribution in [2.75, 3.05) is 5.32 Å². The fraction of sp³-hybridized carbons (Fsp3) is 0.400. The number of aryl methyl sites for hydroxylation is 1. The average molecular weight is 389 g/mol. The number of hydrogen-bond donors (Lipinski definition) is 2. The Morgan fingerprint density at radius 2 is 1.88 bits per heavy atom. The molecule has 0 amide bonds. The number of hydrogen-bond acceptors (Lipinski definition) is 5. The summed E-state index contributed by atoms with van der Waals surface area (Å²) in [7, 11) is 0. The summed E-state index contributed by atoms with van der Waals surface area (Å²) in [6.45, 7) is 2.75. The zero-order valence-electron chi connectivity index (χ0n) is 15.0. The smallest absolute Gasteiger partial charge is 0.224 e. The van der Waals surface area contributed by atoms with Gasteiger partial charge in [-0.15, -0.1) is 11.3 Å². The van der Waals surface area contributed by atoms with Crippen molar-refractivity contribution in [1.29, 1.82) is 0 Å². The minimum atomic E-state index is 0.282. The first-order valence-electron chi connectivity index (χ1n) is 9.08. The zero-order valence-corrected chi connectivity index (χ0v) is 16.6. The lowest BCUT2D eigenvalue weighted by Gasteiger charge is -2.15. The quantitative estimate of drug-likeness (QED) is 0.578. The van der Waals surface area contributed by atoms with E-state index in [4.69, 9.17) is 17.3 Å². The molecule has 6 heteroatoms. The summed E-state index contributed by atoms with van der Waals surface area (Å²) in [5.74, 6) is 0.803. The first-order valence-corrected chi connectivity index (χ1v) is 10.3. The standard InChI is InChI=1S/C14H12ClN3S.C6H13N/c1-9-8-19-12-11(9)17-14(15)18-13(12)16-7-10-5-3-2-4-6-10;7-6-4-2-1-3-5-6/h2-6,8H,7H2,1H3,(H,16,17,18);6H,1-5,7H2. The Hall–Kier alpha value is -1.69. The van der Waals surface area contributed by atoms with Crippen molar-refractivity contribution in [2.45, 2.75) is 51.6 Å². The molecular weight excluding hydrogens is 364 g/mol. The maximum Gasteiger partial charge on any atom is 0.224 e. The summed E-state index contributed by atoms with van der Waals surface area (Å²) in [5, 5.41) is 5.69. The van der Waals surface area contributed by atoms with Gasteiger partial charge in [-0.2, -0.15) is 4.98 Å². The number of halogens is 1. The van der Waals surface area contributed by atoms with E-state index < -0.39 is 0 Å². The van der Waals surface area contributed by atoms with Crippen LogP contribution in [0.1, 0.15) is 43.2 Å². The van der Waals surface area contributed by atoms with Crippen LogP contribution in [0.25, 0.3) is 10.2 Å². The molecule has 138 valence electrons. The van der Waals surface area contributed by atoms with Crippen molar-refractivity contribution in [1.82, 2.24) is 9.97 Å². The number of nitrogens with zero attached hydrogens (tertiary/aromatic N) is 2. The van der Waals surface area contributed by atoms with E-state index in [0.29, 0.717) is 6.04 Å². The fourth-order valence-electron chi connectivity index (χ4n) is 3.04. The highest BCUT2D eigenvalue weighted by molar-refractivity contribution is 7.18. The van der Waals surface area contributed by atoms with E-state index in [1.165, 1.54) is 37.7 Å². The number of benzene rings is 1. The molecule has 26 heavy (non-hydrogen) atoms. The normalized spacial score (nSPS) is 14.7. The number of nitrogens with two attached hydrogens (primary N) is 1. The molecule has 0 aliphatic heterocycles. The van der Waals surface area contributed by atoms with Gasteiger partial charge in [-0.1, -0.05) is 49.6 Å². The molecule has 1 aliphatic carbocycles. The summed E-state index contributed by atoms with van der Waals surface area (Å²) < 4.78 is 1.05. The molecule has 4 rings (SSSR count). The summed E-state index contributed by atoms with van der Waals surface area (Å²) in [5.41, 5.74) is 8.90. The molecule has 1 fully saturated rings. The van der Waals surface area contributed by atoms with Crippen LogP contribution in [-0.2, 0) is 6.54 Å². The van der Waals surface area contributed by atoms with E-state index in [9.17, 15) is 0 Å². The maximum absolute atomic E-state index is 5.98. The molecule has 2 aromatic heterocycles. The molecule has 1 aliphatic rings. The summed E-state index contributed by atoms with van der Waals surface area (Å²) in [4.78, 5) is 8.56. The molecule has 1 aromatic carbocycles. The van der Waals surface area contributed by atoms with E-state index in [0.717, 1.165) is 28.1 Å². The van der Waals surface area contributed by atoms with Gasteiger partial charge in [0.25, 0.3) is 0 Å². The van der Waals surface area contributed by atoms with Gasteiger partial charge >= 0.3 is 0 Å². The third-order valence-electron chi connectivity index (χ3n) is 4.52. The van der Waals surface area contributed by atoms with Crippen LogP contribution < -0.4 is 11.1 Å². The number of anilines is 1. The Labute approximate surface area is 163 Å². The van der Waals surface area contributed by atoms with Crippen LogP contribution in [0.15, 0.2) is 35.7 Å².